The summed E-state index contributed by atoms with van der Waals surface area (Å²) in [5.74, 6) is -0.468. The molecule has 0 aliphatic rings. The molecule has 1 rings (SSSR count). The van der Waals surface area contributed by atoms with Crippen molar-refractivity contribution in [2.45, 2.75) is 19.9 Å². The van der Waals surface area contributed by atoms with Crippen molar-refractivity contribution in [3.8, 4) is 0 Å². The van der Waals surface area contributed by atoms with Crippen LogP contribution in [0.15, 0.2) is 12.3 Å². The molecule has 0 aromatic carbocycles. The van der Waals surface area contributed by atoms with E-state index in [0.717, 1.165) is 0 Å². The maximum Gasteiger partial charge on any atom is 0.273 e. The molecule has 0 bridgehead atoms. The summed E-state index contributed by atoms with van der Waals surface area (Å²) >= 11 is 5.75. The van der Waals surface area contributed by atoms with Crippen LogP contribution in [0.4, 0.5) is 5.69 Å². The second-order valence-corrected chi connectivity index (χ2v) is 3.96. The number of halogens is 1. The molecule has 0 saturated carbocycles. The first-order valence-corrected chi connectivity index (χ1v) is 5.34. The molecule has 0 aliphatic heterocycles. The molecule has 0 unspecified atom stereocenters. The Bertz CT molecular complexity index is 423. The van der Waals surface area contributed by atoms with Gasteiger partial charge in [-0.2, -0.15) is 0 Å². The van der Waals surface area contributed by atoms with Gasteiger partial charge < -0.3 is 5.32 Å². The standard InChI is InChI=1S/C10H13ClN4O2/c1-6(2)14-8-3-9(11)12-4-7(8)10(17)15-13-5-16/h3-6H,1-2H3,(H,12,14)(H,13,16)(H,15,17). The van der Waals surface area contributed by atoms with Crippen LogP contribution in [-0.4, -0.2) is 23.3 Å². The van der Waals surface area contributed by atoms with Crippen LogP contribution in [0.2, 0.25) is 5.15 Å². The molecule has 92 valence electrons. The van der Waals surface area contributed by atoms with Crippen LogP contribution in [0.3, 0.4) is 0 Å². The van der Waals surface area contributed by atoms with Gasteiger partial charge in [-0.15, -0.1) is 0 Å². The molecule has 0 fully saturated rings. The van der Waals surface area contributed by atoms with E-state index in [4.69, 9.17) is 11.6 Å². The molecule has 0 saturated heterocycles. The molecule has 0 atom stereocenters. The third-order valence-electron chi connectivity index (χ3n) is 1.80. The Kier molecular flexibility index (Phi) is 4.71. The fourth-order valence-electron chi connectivity index (χ4n) is 1.20. The molecule has 1 aromatic heterocycles. The first-order chi connectivity index (χ1) is 8.04. The normalized spacial score (nSPS) is 9.88. The fraction of sp³-hybridized carbons (Fsp3) is 0.300. The minimum absolute atomic E-state index is 0.138. The summed E-state index contributed by atoms with van der Waals surface area (Å²) in [6, 6.07) is 1.69. The minimum atomic E-state index is -0.468. The number of nitrogens with zero attached hydrogens (tertiary/aromatic N) is 1. The smallest absolute Gasteiger partial charge is 0.273 e. The lowest BCUT2D eigenvalue weighted by Gasteiger charge is -2.14. The number of aromatic nitrogens is 1. The fourth-order valence-corrected chi connectivity index (χ4v) is 1.36. The van der Waals surface area contributed by atoms with Gasteiger partial charge in [0.05, 0.1) is 11.3 Å². The number of amides is 2. The molecule has 0 spiro atoms. The van der Waals surface area contributed by atoms with Crippen molar-refractivity contribution in [2.24, 2.45) is 0 Å². The predicted molar refractivity (Wildman–Crippen MR) is 64.7 cm³/mol. The summed E-state index contributed by atoms with van der Waals surface area (Å²) in [5.41, 5.74) is 5.14. The molecule has 0 aliphatic carbocycles. The van der Waals surface area contributed by atoms with Crippen molar-refractivity contribution in [3.63, 3.8) is 0 Å². The Hall–Kier alpha value is -1.82. The van der Waals surface area contributed by atoms with E-state index in [1.54, 1.807) is 6.07 Å². The summed E-state index contributed by atoms with van der Waals surface area (Å²) in [5, 5.41) is 3.36. The predicted octanol–water partition coefficient (Wildman–Crippen LogP) is 0.946. The highest BCUT2D eigenvalue weighted by Crippen LogP contribution is 2.19. The van der Waals surface area contributed by atoms with E-state index in [0.29, 0.717) is 17.7 Å². The van der Waals surface area contributed by atoms with Crippen molar-refractivity contribution in [1.29, 1.82) is 0 Å². The number of nitrogens with one attached hydrogen (secondary N) is 3. The van der Waals surface area contributed by atoms with Gasteiger partial charge in [-0.25, -0.2) is 4.98 Å². The average Bonchev–Trinajstić information content (AvgIpc) is 2.25. The molecular formula is C10H13ClN4O2. The maximum absolute atomic E-state index is 11.7. The van der Waals surface area contributed by atoms with Crippen LogP contribution >= 0.6 is 11.6 Å². The van der Waals surface area contributed by atoms with Crippen LogP contribution in [0.1, 0.15) is 24.2 Å². The maximum atomic E-state index is 11.7. The van der Waals surface area contributed by atoms with E-state index in [2.05, 4.69) is 21.2 Å². The largest absolute Gasteiger partial charge is 0.382 e. The van der Waals surface area contributed by atoms with Gasteiger partial charge in [0.15, 0.2) is 0 Å². The highest BCUT2D eigenvalue weighted by Gasteiger charge is 2.13. The van der Waals surface area contributed by atoms with Crippen molar-refractivity contribution in [1.82, 2.24) is 15.8 Å². The number of hydrogen-bond donors (Lipinski definition) is 3. The lowest BCUT2D eigenvalue weighted by atomic mass is 10.2. The van der Waals surface area contributed by atoms with E-state index in [9.17, 15) is 9.59 Å². The number of pyridine rings is 1. The Labute approximate surface area is 104 Å². The third-order valence-corrected chi connectivity index (χ3v) is 2.01. The van der Waals surface area contributed by atoms with Crippen LogP contribution < -0.4 is 16.2 Å². The van der Waals surface area contributed by atoms with Gasteiger partial charge in [0, 0.05) is 12.2 Å². The molecular weight excluding hydrogens is 244 g/mol. The SMILES string of the molecule is CC(C)Nc1cc(Cl)ncc1C(=O)NNC=O. The molecule has 1 aromatic rings. The Morgan fingerprint density at radius 3 is 2.82 bits per heavy atom. The lowest BCUT2D eigenvalue weighted by Crippen LogP contribution is -2.36. The van der Waals surface area contributed by atoms with E-state index in [1.807, 2.05) is 13.8 Å². The number of anilines is 1. The topological polar surface area (TPSA) is 83.1 Å². The molecule has 7 heteroatoms. The number of carbonyl (C=O) groups is 2. The third kappa shape index (κ3) is 3.92. The second kappa shape index (κ2) is 6.05. The number of carbonyl (C=O) groups excluding carboxylic acids is 2. The lowest BCUT2D eigenvalue weighted by molar-refractivity contribution is -0.110. The van der Waals surface area contributed by atoms with Gasteiger partial charge in [-0.05, 0) is 19.9 Å². The second-order valence-electron chi connectivity index (χ2n) is 3.57. The van der Waals surface area contributed by atoms with Crippen LogP contribution in [0.5, 0.6) is 0 Å². The van der Waals surface area contributed by atoms with E-state index >= 15 is 0 Å². The number of rotatable bonds is 5. The van der Waals surface area contributed by atoms with Crippen molar-refractivity contribution >= 4 is 29.6 Å². The summed E-state index contributed by atoms with van der Waals surface area (Å²) in [7, 11) is 0. The van der Waals surface area contributed by atoms with E-state index in [-0.39, 0.29) is 11.2 Å². The summed E-state index contributed by atoms with van der Waals surface area (Å²) in [6.45, 7) is 3.86. The van der Waals surface area contributed by atoms with Gasteiger partial charge in [0.1, 0.15) is 5.15 Å². The van der Waals surface area contributed by atoms with Crippen molar-refractivity contribution in [2.75, 3.05) is 5.32 Å². The van der Waals surface area contributed by atoms with Gasteiger partial charge in [-0.1, -0.05) is 11.6 Å². The highest BCUT2D eigenvalue weighted by molar-refractivity contribution is 6.29. The number of hydrazine groups is 1. The number of hydrogen-bond acceptors (Lipinski definition) is 4. The summed E-state index contributed by atoms with van der Waals surface area (Å²) < 4.78 is 0. The molecule has 3 N–H and O–H groups in total. The quantitative estimate of drug-likeness (QED) is 0.416. The first-order valence-electron chi connectivity index (χ1n) is 4.96. The van der Waals surface area contributed by atoms with Crippen molar-refractivity contribution in [3.05, 3.63) is 23.0 Å². The average molecular weight is 257 g/mol. The van der Waals surface area contributed by atoms with Gasteiger partial charge in [0.2, 0.25) is 6.41 Å². The van der Waals surface area contributed by atoms with E-state index < -0.39 is 5.91 Å². The molecule has 6 nitrogen and oxygen atoms in total. The highest BCUT2D eigenvalue weighted by atomic mass is 35.5. The Morgan fingerprint density at radius 2 is 2.24 bits per heavy atom. The Balaban J connectivity index is 2.96. The van der Waals surface area contributed by atoms with Gasteiger partial charge in [-0.3, -0.25) is 20.4 Å². The molecule has 1 heterocycles. The summed E-state index contributed by atoms with van der Waals surface area (Å²) in [4.78, 5) is 25.6. The van der Waals surface area contributed by atoms with Gasteiger partial charge in [0.25, 0.3) is 5.91 Å². The van der Waals surface area contributed by atoms with Crippen LogP contribution in [0, 0.1) is 0 Å². The van der Waals surface area contributed by atoms with Gasteiger partial charge >= 0.3 is 0 Å². The van der Waals surface area contributed by atoms with Crippen LogP contribution in [-0.2, 0) is 4.79 Å². The molecule has 2 amide bonds. The zero-order chi connectivity index (χ0) is 12.8. The zero-order valence-electron chi connectivity index (χ0n) is 9.45. The van der Waals surface area contributed by atoms with Crippen LogP contribution in [0.25, 0.3) is 0 Å². The van der Waals surface area contributed by atoms with Crippen molar-refractivity contribution < 1.29 is 9.59 Å². The zero-order valence-corrected chi connectivity index (χ0v) is 10.2. The molecule has 17 heavy (non-hydrogen) atoms. The van der Waals surface area contributed by atoms with E-state index in [1.165, 1.54) is 6.20 Å². The summed E-state index contributed by atoms with van der Waals surface area (Å²) in [6.07, 6.45) is 1.71. The monoisotopic (exact) mass is 256 g/mol. The molecule has 0 radical (unpaired) electrons. The Morgan fingerprint density at radius 1 is 1.53 bits per heavy atom. The first kappa shape index (κ1) is 13.2. The minimum Gasteiger partial charge on any atom is -0.382 e.